The Morgan fingerprint density at radius 3 is 1.19 bits per heavy atom. The van der Waals surface area contributed by atoms with Crippen LogP contribution in [0.2, 0.25) is 0 Å². The first-order chi connectivity index (χ1) is 25.4. The Kier molecular flexibility index (Phi) is 9.89. The molecular formula is C52H64Si. The Hall–Kier alpha value is -3.42. The Balaban J connectivity index is 1.23. The molecule has 0 heterocycles. The molecular weight excluding hydrogens is 653 g/mol. The van der Waals surface area contributed by atoms with E-state index in [4.69, 9.17) is 0 Å². The summed E-state index contributed by atoms with van der Waals surface area (Å²) in [6.45, 7) is 19.0. The predicted molar refractivity (Wildman–Crippen MR) is 234 cm³/mol. The highest BCUT2D eigenvalue weighted by Gasteiger charge is 2.40. The maximum atomic E-state index is 2.54. The Labute approximate surface area is 324 Å². The van der Waals surface area contributed by atoms with Gasteiger partial charge < -0.3 is 0 Å². The molecule has 2 saturated carbocycles. The molecule has 0 aromatic heterocycles. The second-order valence-electron chi connectivity index (χ2n) is 19.5. The summed E-state index contributed by atoms with van der Waals surface area (Å²) < 4.78 is 0. The molecule has 0 saturated heterocycles. The van der Waals surface area contributed by atoms with Crippen LogP contribution in [0.4, 0.5) is 0 Å². The van der Waals surface area contributed by atoms with Crippen LogP contribution in [0.3, 0.4) is 0 Å². The quantitative estimate of drug-likeness (QED) is 0.159. The molecule has 276 valence electrons. The minimum absolute atomic E-state index is 0.160. The first kappa shape index (κ1) is 36.5. The summed E-state index contributed by atoms with van der Waals surface area (Å²) in [5.74, 6) is 1.71. The minimum atomic E-state index is -0.645. The van der Waals surface area contributed by atoms with Gasteiger partial charge in [0, 0.05) is 9.52 Å². The van der Waals surface area contributed by atoms with Gasteiger partial charge in [-0.05, 0) is 127 Å². The summed E-state index contributed by atoms with van der Waals surface area (Å²) >= 11 is 0. The maximum absolute atomic E-state index is 2.54. The lowest BCUT2D eigenvalue weighted by atomic mass is 9.85. The van der Waals surface area contributed by atoms with Crippen molar-refractivity contribution in [2.24, 2.45) is 11.8 Å². The van der Waals surface area contributed by atoms with Gasteiger partial charge in [0.2, 0.25) is 0 Å². The molecule has 0 bridgehead atoms. The van der Waals surface area contributed by atoms with E-state index < -0.39 is 9.52 Å². The summed E-state index contributed by atoms with van der Waals surface area (Å²) in [4.78, 5) is 0. The van der Waals surface area contributed by atoms with E-state index in [-0.39, 0.29) is 10.8 Å². The van der Waals surface area contributed by atoms with E-state index in [1.807, 2.05) is 11.1 Å². The molecule has 0 aliphatic heterocycles. The molecule has 0 amide bonds. The standard InChI is InChI=1S/C52H64Si/c1-33-45(31-35-15-9-10-16-35)49(43-21-13-19-41(47(33)43)37-23-27-39(28-24-37)51(3,4)5)53-50-44-22-14-20-42(38-25-29-40(30-26-38)52(6,7)8)48(44)34(2)46(50)32-36-17-11-12-18-36/h13-14,19-30,35-36,49-50H,9-12,15-18,31-32,53H2,1-8H3. The topological polar surface area (TPSA) is 0 Å². The molecule has 4 aliphatic carbocycles. The van der Waals surface area contributed by atoms with Gasteiger partial charge in [-0.25, -0.2) is 0 Å². The fourth-order valence-corrected chi connectivity index (χ4v) is 14.1. The van der Waals surface area contributed by atoms with Gasteiger partial charge >= 0.3 is 0 Å². The lowest BCUT2D eigenvalue weighted by Crippen LogP contribution is -2.20. The molecule has 0 radical (unpaired) electrons. The van der Waals surface area contributed by atoms with Crippen molar-refractivity contribution in [3.8, 4) is 22.3 Å². The van der Waals surface area contributed by atoms with Gasteiger partial charge in [-0.3, -0.25) is 0 Å². The van der Waals surface area contributed by atoms with Gasteiger partial charge in [-0.2, -0.15) is 0 Å². The SMILES string of the molecule is CC1=C(CC2CCCC2)C([SiH2]C2C(CC3CCCC3)=C(C)c3c(-c4ccc(C(C)(C)C)cc4)cccc32)c2cccc(-c3ccc(C(C)(C)C)cc3)c21. The van der Waals surface area contributed by atoms with Crippen LogP contribution in [0.1, 0.15) is 164 Å². The third kappa shape index (κ3) is 7.01. The molecule has 0 spiro atoms. The first-order valence-electron chi connectivity index (χ1n) is 21.3. The van der Waals surface area contributed by atoms with Crippen molar-refractivity contribution in [2.45, 2.75) is 142 Å². The summed E-state index contributed by atoms with van der Waals surface area (Å²) in [6, 6.07) is 33.8. The highest BCUT2D eigenvalue weighted by atomic mass is 28.2. The van der Waals surface area contributed by atoms with Gasteiger partial charge in [0.25, 0.3) is 0 Å². The molecule has 53 heavy (non-hydrogen) atoms. The molecule has 1 heteroatoms. The van der Waals surface area contributed by atoms with E-state index in [1.165, 1.54) is 97.6 Å². The van der Waals surface area contributed by atoms with Crippen molar-refractivity contribution in [1.29, 1.82) is 0 Å². The zero-order valence-electron chi connectivity index (χ0n) is 34.2. The van der Waals surface area contributed by atoms with E-state index in [9.17, 15) is 0 Å². The molecule has 4 aromatic rings. The maximum Gasteiger partial charge on any atom is 0.0475 e. The van der Waals surface area contributed by atoms with E-state index in [1.54, 1.807) is 33.4 Å². The number of hydrogen-bond acceptors (Lipinski definition) is 0. The fraction of sp³-hybridized carbons (Fsp3) is 0.462. The Morgan fingerprint density at radius 2 is 0.849 bits per heavy atom. The summed E-state index contributed by atoms with van der Waals surface area (Å²) in [7, 11) is -0.645. The molecule has 4 aromatic carbocycles. The molecule has 4 aliphatic rings. The third-order valence-corrected chi connectivity index (χ3v) is 16.9. The van der Waals surface area contributed by atoms with Gasteiger partial charge in [-0.15, -0.1) is 0 Å². The average Bonchev–Trinajstić information content (AvgIpc) is 3.95. The lowest BCUT2D eigenvalue weighted by Gasteiger charge is -2.26. The summed E-state index contributed by atoms with van der Waals surface area (Å²) in [5.41, 5.74) is 23.3. The Bertz CT molecular complexity index is 1880. The van der Waals surface area contributed by atoms with Gasteiger partial charge in [0.05, 0.1) is 0 Å². The van der Waals surface area contributed by atoms with Crippen molar-refractivity contribution in [1.82, 2.24) is 0 Å². The number of fused-ring (bicyclic) bond motifs is 2. The van der Waals surface area contributed by atoms with Gasteiger partial charge in [-0.1, -0.05) is 189 Å². The van der Waals surface area contributed by atoms with Crippen molar-refractivity contribution in [2.75, 3.05) is 0 Å². The van der Waals surface area contributed by atoms with Crippen molar-refractivity contribution in [3.05, 3.63) is 129 Å². The first-order valence-corrected chi connectivity index (χ1v) is 22.9. The van der Waals surface area contributed by atoms with Crippen LogP contribution in [-0.4, -0.2) is 9.52 Å². The van der Waals surface area contributed by atoms with Crippen LogP contribution in [0.25, 0.3) is 33.4 Å². The van der Waals surface area contributed by atoms with Crippen LogP contribution < -0.4 is 0 Å². The van der Waals surface area contributed by atoms with Crippen LogP contribution in [0, 0.1) is 11.8 Å². The summed E-state index contributed by atoms with van der Waals surface area (Å²) in [5, 5.41) is 0. The van der Waals surface area contributed by atoms with E-state index in [0.717, 1.165) is 11.8 Å². The van der Waals surface area contributed by atoms with E-state index in [0.29, 0.717) is 11.1 Å². The van der Waals surface area contributed by atoms with Crippen molar-refractivity contribution < 1.29 is 0 Å². The second kappa shape index (κ2) is 14.3. The fourth-order valence-electron chi connectivity index (χ4n) is 11.0. The van der Waals surface area contributed by atoms with Crippen molar-refractivity contribution in [3.63, 3.8) is 0 Å². The lowest BCUT2D eigenvalue weighted by molar-refractivity contribution is 0.535. The monoisotopic (exact) mass is 716 g/mol. The minimum Gasteiger partial charge on any atom is -0.0622 e. The molecule has 8 rings (SSSR count). The smallest absolute Gasteiger partial charge is 0.0475 e. The highest BCUT2D eigenvalue weighted by molar-refractivity contribution is 6.44. The zero-order valence-corrected chi connectivity index (χ0v) is 35.6. The van der Waals surface area contributed by atoms with Crippen molar-refractivity contribution >= 4 is 20.7 Å². The van der Waals surface area contributed by atoms with E-state index >= 15 is 0 Å². The number of allylic oxidation sites excluding steroid dienone is 4. The third-order valence-electron chi connectivity index (χ3n) is 14.1. The van der Waals surface area contributed by atoms with Crippen LogP contribution in [-0.2, 0) is 10.8 Å². The Morgan fingerprint density at radius 1 is 0.491 bits per heavy atom. The second-order valence-corrected chi connectivity index (χ2v) is 21.6. The van der Waals surface area contributed by atoms with Crippen LogP contribution in [0.5, 0.6) is 0 Å². The van der Waals surface area contributed by atoms with Crippen LogP contribution in [0.15, 0.2) is 96.1 Å². The summed E-state index contributed by atoms with van der Waals surface area (Å²) in [6.07, 6.45) is 13.9. The molecule has 0 N–H and O–H groups in total. The number of benzene rings is 4. The highest BCUT2D eigenvalue weighted by Crippen LogP contribution is 2.54. The van der Waals surface area contributed by atoms with Gasteiger partial charge in [0.1, 0.15) is 0 Å². The average molecular weight is 717 g/mol. The van der Waals surface area contributed by atoms with Gasteiger partial charge in [0.15, 0.2) is 0 Å². The molecule has 2 unspecified atom stereocenters. The zero-order chi connectivity index (χ0) is 37.1. The molecule has 2 atom stereocenters. The largest absolute Gasteiger partial charge is 0.0622 e. The molecule has 2 fully saturated rings. The van der Waals surface area contributed by atoms with Crippen LogP contribution >= 0.6 is 0 Å². The number of rotatable bonds is 8. The molecule has 0 nitrogen and oxygen atoms in total. The van der Waals surface area contributed by atoms with E-state index in [2.05, 4.69) is 140 Å². The predicted octanol–water partition coefficient (Wildman–Crippen LogP) is 14.3. The normalized spacial score (nSPS) is 21.1. The number of hydrogen-bond donors (Lipinski definition) is 0.